The fraction of sp³-hybridized carbons (Fsp3) is 0.611. The lowest BCUT2D eigenvalue weighted by Gasteiger charge is -2.06. The molecule has 0 rings (SSSR count). The fourth-order valence-electron chi connectivity index (χ4n) is 1.95. The van der Waals surface area contributed by atoms with Crippen molar-refractivity contribution >= 4 is 5.97 Å². The SMILES string of the molecule is CCC=CCC=CC(O)C=CC(O)CCCCCCC(=O)O. The van der Waals surface area contributed by atoms with Gasteiger partial charge in [-0.25, -0.2) is 0 Å². The van der Waals surface area contributed by atoms with Crippen LogP contribution >= 0.6 is 0 Å². The van der Waals surface area contributed by atoms with E-state index in [1.807, 2.05) is 12.2 Å². The summed E-state index contributed by atoms with van der Waals surface area (Å²) in [5.41, 5.74) is 0. The van der Waals surface area contributed by atoms with Gasteiger partial charge in [0.1, 0.15) is 0 Å². The molecule has 3 N–H and O–H groups in total. The maximum absolute atomic E-state index is 10.3. The lowest BCUT2D eigenvalue weighted by Crippen LogP contribution is -2.05. The van der Waals surface area contributed by atoms with Gasteiger partial charge in [0.2, 0.25) is 0 Å². The summed E-state index contributed by atoms with van der Waals surface area (Å²) in [7, 11) is 0. The molecule has 22 heavy (non-hydrogen) atoms. The summed E-state index contributed by atoms with van der Waals surface area (Å²) < 4.78 is 0. The van der Waals surface area contributed by atoms with Crippen LogP contribution in [0.3, 0.4) is 0 Å². The number of carboxylic acid groups (broad SMARTS) is 1. The molecule has 2 atom stereocenters. The average molecular weight is 310 g/mol. The second-order valence-corrected chi connectivity index (χ2v) is 5.33. The van der Waals surface area contributed by atoms with E-state index in [1.54, 1.807) is 18.2 Å². The van der Waals surface area contributed by atoms with E-state index in [-0.39, 0.29) is 6.42 Å². The van der Waals surface area contributed by atoms with E-state index in [4.69, 9.17) is 5.11 Å². The highest BCUT2D eigenvalue weighted by Crippen LogP contribution is 2.08. The molecule has 0 aliphatic carbocycles. The normalized spacial score (nSPS) is 15.0. The molecular weight excluding hydrogens is 280 g/mol. The molecule has 0 saturated carbocycles. The summed E-state index contributed by atoms with van der Waals surface area (Å²) in [4.78, 5) is 10.3. The van der Waals surface area contributed by atoms with Gasteiger partial charge < -0.3 is 15.3 Å². The van der Waals surface area contributed by atoms with Crippen molar-refractivity contribution in [2.24, 2.45) is 0 Å². The molecule has 0 amide bonds. The first-order valence-corrected chi connectivity index (χ1v) is 8.14. The Morgan fingerprint density at radius 2 is 1.68 bits per heavy atom. The van der Waals surface area contributed by atoms with Crippen molar-refractivity contribution in [1.82, 2.24) is 0 Å². The van der Waals surface area contributed by atoms with Gasteiger partial charge >= 0.3 is 5.97 Å². The molecule has 0 spiro atoms. The number of unbranched alkanes of at least 4 members (excludes halogenated alkanes) is 3. The van der Waals surface area contributed by atoms with Gasteiger partial charge in [-0.05, 0) is 25.7 Å². The zero-order chi connectivity index (χ0) is 16.6. The van der Waals surface area contributed by atoms with Gasteiger partial charge in [-0.15, -0.1) is 0 Å². The van der Waals surface area contributed by atoms with Crippen LogP contribution < -0.4 is 0 Å². The van der Waals surface area contributed by atoms with E-state index >= 15 is 0 Å². The standard InChI is InChI=1S/C18H30O4/c1-2-3-4-5-8-11-16(19)14-15-17(20)12-9-6-7-10-13-18(21)22/h3-4,8,11,14-17,19-20H,2,5-7,9-10,12-13H2,1H3,(H,21,22). The molecular formula is C18H30O4. The summed E-state index contributed by atoms with van der Waals surface area (Å²) in [6.07, 6.45) is 15.7. The van der Waals surface area contributed by atoms with E-state index in [2.05, 4.69) is 13.0 Å². The Morgan fingerprint density at radius 3 is 2.36 bits per heavy atom. The molecule has 0 bridgehead atoms. The molecule has 126 valence electrons. The zero-order valence-corrected chi connectivity index (χ0v) is 13.5. The molecule has 0 aromatic rings. The Hall–Kier alpha value is -1.39. The molecule has 2 unspecified atom stereocenters. The van der Waals surface area contributed by atoms with E-state index in [1.165, 1.54) is 0 Å². The molecule has 0 fully saturated rings. The smallest absolute Gasteiger partial charge is 0.303 e. The van der Waals surface area contributed by atoms with Crippen LogP contribution in [0, 0.1) is 0 Å². The van der Waals surface area contributed by atoms with Gasteiger partial charge in [-0.3, -0.25) is 4.79 Å². The largest absolute Gasteiger partial charge is 0.481 e. The minimum absolute atomic E-state index is 0.217. The van der Waals surface area contributed by atoms with Gasteiger partial charge in [0.15, 0.2) is 0 Å². The number of hydrogen-bond acceptors (Lipinski definition) is 3. The van der Waals surface area contributed by atoms with Crippen molar-refractivity contribution < 1.29 is 20.1 Å². The number of aliphatic hydroxyl groups is 2. The zero-order valence-electron chi connectivity index (χ0n) is 13.5. The van der Waals surface area contributed by atoms with Crippen LogP contribution in [0.5, 0.6) is 0 Å². The minimum Gasteiger partial charge on any atom is -0.481 e. The molecule has 4 heteroatoms. The van der Waals surface area contributed by atoms with E-state index in [0.29, 0.717) is 12.8 Å². The molecule has 4 nitrogen and oxygen atoms in total. The monoisotopic (exact) mass is 310 g/mol. The first-order chi connectivity index (χ1) is 10.6. The number of carbonyl (C=O) groups is 1. The molecule has 0 heterocycles. The Labute approximate surface area is 133 Å². The minimum atomic E-state index is -0.754. The van der Waals surface area contributed by atoms with E-state index < -0.39 is 18.2 Å². The predicted molar refractivity (Wildman–Crippen MR) is 89.7 cm³/mol. The van der Waals surface area contributed by atoms with Crippen LogP contribution in [-0.2, 0) is 4.79 Å². The fourth-order valence-corrected chi connectivity index (χ4v) is 1.95. The Kier molecular flexibility index (Phi) is 13.6. The summed E-state index contributed by atoms with van der Waals surface area (Å²) >= 11 is 0. The van der Waals surface area contributed by atoms with Crippen molar-refractivity contribution in [1.29, 1.82) is 0 Å². The summed E-state index contributed by atoms with van der Waals surface area (Å²) in [6.45, 7) is 2.07. The number of rotatable bonds is 13. The highest BCUT2D eigenvalue weighted by atomic mass is 16.4. The van der Waals surface area contributed by atoms with E-state index in [0.717, 1.165) is 32.1 Å². The topological polar surface area (TPSA) is 77.8 Å². The maximum atomic E-state index is 10.3. The van der Waals surface area contributed by atoms with Crippen LogP contribution in [-0.4, -0.2) is 33.5 Å². The van der Waals surface area contributed by atoms with Gasteiger partial charge in [-0.2, -0.15) is 0 Å². The van der Waals surface area contributed by atoms with E-state index in [9.17, 15) is 15.0 Å². The lowest BCUT2D eigenvalue weighted by molar-refractivity contribution is -0.137. The summed E-state index contributed by atoms with van der Waals surface area (Å²) in [5, 5.41) is 27.9. The highest BCUT2D eigenvalue weighted by Gasteiger charge is 2.01. The quantitative estimate of drug-likeness (QED) is 0.359. The van der Waals surface area contributed by atoms with Crippen LogP contribution in [0.15, 0.2) is 36.5 Å². The van der Waals surface area contributed by atoms with Crippen LogP contribution in [0.25, 0.3) is 0 Å². The third-order valence-corrected chi connectivity index (χ3v) is 3.18. The van der Waals surface area contributed by atoms with Gasteiger partial charge in [0.25, 0.3) is 0 Å². The van der Waals surface area contributed by atoms with Gasteiger partial charge in [0, 0.05) is 6.42 Å². The van der Waals surface area contributed by atoms with Gasteiger partial charge in [0.05, 0.1) is 12.2 Å². The molecule has 0 aromatic carbocycles. The summed E-state index contributed by atoms with van der Waals surface area (Å²) in [6, 6.07) is 0. The summed E-state index contributed by atoms with van der Waals surface area (Å²) in [5.74, 6) is -0.754. The maximum Gasteiger partial charge on any atom is 0.303 e. The number of aliphatic carboxylic acids is 1. The predicted octanol–water partition coefficient (Wildman–Crippen LogP) is 3.60. The van der Waals surface area contributed by atoms with Crippen molar-refractivity contribution in [3.8, 4) is 0 Å². The van der Waals surface area contributed by atoms with Crippen molar-refractivity contribution in [3.05, 3.63) is 36.5 Å². The first-order valence-electron chi connectivity index (χ1n) is 8.14. The van der Waals surface area contributed by atoms with Crippen LogP contribution in [0.2, 0.25) is 0 Å². The van der Waals surface area contributed by atoms with Crippen LogP contribution in [0.4, 0.5) is 0 Å². The first kappa shape index (κ1) is 20.6. The molecule has 0 aliphatic heterocycles. The van der Waals surface area contributed by atoms with Crippen molar-refractivity contribution in [3.63, 3.8) is 0 Å². The van der Waals surface area contributed by atoms with Crippen molar-refractivity contribution in [2.75, 3.05) is 0 Å². The molecule has 0 aliphatic rings. The number of carboxylic acids is 1. The molecule has 0 aromatic heterocycles. The molecule has 0 radical (unpaired) electrons. The number of allylic oxidation sites excluding steroid dienone is 3. The highest BCUT2D eigenvalue weighted by molar-refractivity contribution is 5.66. The average Bonchev–Trinajstić information content (AvgIpc) is 2.48. The van der Waals surface area contributed by atoms with Crippen molar-refractivity contribution in [2.45, 2.75) is 70.5 Å². The lowest BCUT2D eigenvalue weighted by atomic mass is 10.1. The molecule has 0 saturated heterocycles. The second-order valence-electron chi connectivity index (χ2n) is 5.33. The van der Waals surface area contributed by atoms with Gasteiger partial charge in [-0.1, -0.05) is 62.6 Å². The third kappa shape index (κ3) is 15.0. The van der Waals surface area contributed by atoms with Crippen LogP contribution in [0.1, 0.15) is 58.3 Å². The number of hydrogen-bond donors (Lipinski definition) is 3. The second kappa shape index (κ2) is 14.5. The Bertz CT molecular complexity index is 358. The number of aliphatic hydroxyl groups excluding tert-OH is 2. The third-order valence-electron chi connectivity index (χ3n) is 3.18. The Balaban J connectivity index is 3.69. The Morgan fingerprint density at radius 1 is 0.955 bits per heavy atom.